The largest absolute Gasteiger partial charge is 0.389 e. The molecule has 0 saturated carbocycles. The smallest absolute Gasteiger partial charge is 0.186 e. The summed E-state index contributed by atoms with van der Waals surface area (Å²) >= 11 is 7.10. The number of thiazole rings is 1. The molecule has 0 aliphatic carbocycles. The fraction of sp³-hybridized carbons (Fsp3) is 0.100. The van der Waals surface area contributed by atoms with Crippen LogP contribution in [0.1, 0.15) is 5.56 Å². The first kappa shape index (κ1) is 9.49. The number of nitrogen functional groups attached to an aromatic ring is 1. The average Bonchev–Trinajstić information content (AvgIpc) is 2.46. The zero-order chi connectivity index (χ0) is 10.1. The second-order valence-corrected chi connectivity index (χ2v) is 4.61. The molecule has 2 N–H and O–H groups in total. The van der Waals surface area contributed by atoms with Crippen LogP contribution in [0.4, 0.5) is 5.00 Å². The molecule has 72 valence electrons. The summed E-state index contributed by atoms with van der Waals surface area (Å²) in [5, 5.41) is 0.671. The van der Waals surface area contributed by atoms with E-state index in [1.165, 1.54) is 11.3 Å². The first-order chi connectivity index (χ1) is 6.68. The van der Waals surface area contributed by atoms with E-state index in [4.69, 9.17) is 17.3 Å². The van der Waals surface area contributed by atoms with Gasteiger partial charge in [-0.3, -0.25) is 0 Å². The zero-order valence-corrected chi connectivity index (χ0v) is 9.19. The van der Waals surface area contributed by atoms with Crippen LogP contribution in [-0.2, 0) is 0 Å². The van der Waals surface area contributed by atoms with Crippen molar-refractivity contribution in [3.63, 3.8) is 0 Å². The Balaban J connectivity index is 2.60. The van der Waals surface area contributed by atoms with Crippen LogP contribution < -0.4 is 5.73 Å². The molecule has 1 aromatic carbocycles. The SMILES string of the molecule is Cc1ccccc1-c1nc(Cl)sc1N. The molecule has 0 unspecified atom stereocenters. The van der Waals surface area contributed by atoms with Gasteiger partial charge < -0.3 is 5.73 Å². The molecule has 2 nitrogen and oxygen atoms in total. The Kier molecular flexibility index (Phi) is 2.44. The molecule has 0 bridgehead atoms. The van der Waals surface area contributed by atoms with E-state index in [1.54, 1.807) is 0 Å². The van der Waals surface area contributed by atoms with Crippen molar-refractivity contribution in [1.29, 1.82) is 0 Å². The number of nitrogens with zero attached hydrogens (tertiary/aromatic N) is 1. The number of halogens is 1. The number of hydrogen-bond donors (Lipinski definition) is 1. The predicted molar refractivity (Wildman–Crippen MR) is 61.7 cm³/mol. The van der Waals surface area contributed by atoms with Gasteiger partial charge in [-0.1, -0.05) is 47.2 Å². The Morgan fingerprint density at radius 1 is 1.36 bits per heavy atom. The van der Waals surface area contributed by atoms with Crippen molar-refractivity contribution >= 4 is 27.9 Å². The van der Waals surface area contributed by atoms with E-state index in [0.717, 1.165) is 16.8 Å². The average molecular weight is 225 g/mol. The van der Waals surface area contributed by atoms with E-state index >= 15 is 0 Å². The van der Waals surface area contributed by atoms with Crippen molar-refractivity contribution in [2.75, 3.05) is 5.73 Å². The molecular formula is C10H9ClN2S. The molecule has 2 rings (SSSR count). The lowest BCUT2D eigenvalue weighted by Crippen LogP contribution is -1.88. The van der Waals surface area contributed by atoms with E-state index < -0.39 is 0 Å². The molecule has 4 heteroatoms. The number of hydrogen-bond acceptors (Lipinski definition) is 3. The second kappa shape index (κ2) is 3.59. The van der Waals surface area contributed by atoms with Crippen LogP contribution >= 0.6 is 22.9 Å². The van der Waals surface area contributed by atoms with Crippen molar-refractivity contribution in [1.82, 2.24) is 4.98 Å². The van der Waals surface area contributed by atoms with E-state index in [1.807, 2.05) is 31.2 Å². The summed E-state index contributed by atoms with van der Waals surface area (Å²) < 4.78 is 0.487. The van der Waals surface area contributed by atoms with Crippen LogP contribution in [0.2, 0.25) is 4.47 Å². The standard InChI is InChI=1S/C10H9ClN2S/c1-6-4-2-3-5-7(6)8-9(12)14-10(11)13-8/h2-5H,12H2,1H3. The van der Waals surface area contributed by atoms with Crippen LogP contribution in [-0.4, -0.2) is 4.98 Å². The van der Waals surface area contributed by atoms with E-state index in [0.29, 0.717) is 9.47 Å². The van der Waals surface area contributed by atoms with E-state index in [2.05, 4.69) is 4.98 Å². The molecule has 0 radical (unpaired) electrons. The summed E-state index contributed by atoms with van der Waals surface area (Å²) in [5.74, 6) is 0. The summed E-state index contributed by atoms with van der Waals surface area (Å²) in [6, 6.07) is 7.98. The Hall–Kier alpha value is -1.06. The normalized spacial score (nSPS) is 10.4. The minimum Gasteiger partial charge on any atom is -0.389 e. The lowest BCUT2D eigenvalue weighted by atomic mass is 10.1. The van der Waals surface area contributed by atoms with Crippen molar-refractivity contribution < 1.29 is 0 Å². The molecule has 14 heavy (non-hydrogen) atoms. The van der Waals surface area contributed by atoms with E-state index in [9.17, 15) is 0 Å². The Morgan fingerprint density at radius 2 is 2.07 bits per heavy atom. The van der Waals surface area contributed by atoms with Gasteiger partial charge in [-0.15, -0.1) is 0 Å². The first-order valence-corrected chi connectivity index (χ1v) is 5.35. The minimum absolute atomic E-state index is 0.487. The third kappa shape index (κ3) is 1.61. The molecule has 0 atom stereocenters. The highest BCUT2D eigenvalue weighted by Crippen LogP contribution is 2.34. The summed E-state index contributed by atoms with van der Waals surface area (Å²) in [5.41, 5.74) is 8.81. The molecule has 0 spiro atoms. The number of rotatable bonds is 1. The third-order valence-corrected chi connectivity index (χ3v) is 3.02. The van der Waals surface area contributed by atoms with Gasteiger partial charge >= 0.3 is 0 Å². The quantitative estimate of drug-likeness (QED) is 0.807. The van der Waals surface area contributed by atoms with Crippen molar-refractivity contribution in [2.24, 2.45) is 0 Å². The van der Waals surface area contributed by atoms with Gasteiger partial charge in [0.1, 0.15) is 10.7 Å². The van der Waals surface area contributed by atoms with Crippen LogP contribution in [0.25, 0.3) is 11.3 Å². The molecule has 0 amide bonds. The highest BCUT2D eigenvalue weighted by atomic mass is 35.5. The van der Waals surface area contributed by atoms with Gasteiger partial charge in [0.15, 0.2) is 4.47 Å². The third-order valence-electron chi connectivity index (χ3n) is 2.03. The summed E-state index contributed by atoms with van der Waals surface area (Å²) in [7, 11) is 0. The molecule has 0 aliphatic rings. The fourth-order valence-electron chi connectivity index (χ4n) is 1.34. The first-order valence-electron chi connectivity index (χ1n) is 4.16. The zero-order valence-electron chi connectivity index (χ0n) is 7.62. The molecule has 1 heterocycles. The van der Waals surface area contributed by atoms with Crippen molar-refractivity contribution in [3.8, 4) is 11.3 Å². The van der Waals surface area contributed by atoms with Gasteiger partial charge in [-0.05, 0) is 12.5 Å². The predicted octanol–water partition coefficient (Wildman–Crippen LogP) is 3.35. The maximum Gasteiger partial charge on any atom is 0.186 e. The number of anilines is 1. The monoisotopic (exact) mass is 224 g/mol. The fourth-order valence-corrected chi connectivity index (χ4v) is 2.24. The van der Waals surface area contributed by atoms with Crippen molar-refractivity contribution in [2.45, 2.75) is 6.92 Å². The summed E-state index contributed by atoms with van der Waals surface area (Å²) in [6.45, 7) is 2.03. The van der Waals surface area contributed by atoms with E-state index in [-0.39, 0.29) is 0 Å². The highest BCUT2D eigenvalue weighted by Gasteiger charge is 2.10. The number of aromatic nitrogens is 1. The van der Waals surface area contributed by atoms with Gasteiger partial charge in [-0.2, -0.15) is 0 Å². The van der Waals surface area contributed by atoms with Gasteiger partial charge in [0, 0.05) is 5.56 Å². The minimum atomic E-state index is 0.487. The number of benzene rings is 1. The van der Waals surface area contributed by atoms with Crippen molar-refractivity contribution in [3.05, 3.63) is 34.3 Å². The van der Waals surface area contributed by atoms with Gasteiger partial charge in [-0.25, -0.2) is 4.98 Å². The maximum absolute atomic E-state index is 5.81. The van der Waals surface area contributed by atoms with Crippen LogP contribution in [0.15, 0.2) is 24.3 Å². The Morgan fingerprint density at radius 3 is 2.64 bits per heavy atom. The molecule has 0 aliphatic heterocycles. The summed E-state index contributed by atoms with van der Waals surface area (Å²) in [6.07, 6.45) is 0. The van der Waals surface area contributed by atoms with Crippen LogP contribution in [0.3, 0.4) is 0 Å². The van der Waals surface area contributed by atoms with Gasteiger partial charge in [0.2, 0.25) is 0 Å². The molecule has 2 aromatic rings. The number of nitrogens with two attached hydrogens (primary N) is 1. The molecule has 1 aromatic heterocycles. The lowest BCUT2D eigenvalue weighted by molar-refractivity contribution is 1.37. The van der Waals surface area contributed by atoms with Gasteiger partial charge in [0.25, 0.3) is 0 Å². The lowest BCUT2D eigenvalue weighted by Gasteiger charge is -2.01. The highest BCUT2D eigenvalue weighted by molar-refractivity contribution is 7.19. The van der Waals surface area contributed by atoms with Crippen LogP contribution in [0, 0.1) is 6.92 Å². The van der Waals surface area contributed by atoms with Crippen LogP contribution in [0.5, 0.6) is 0 Å². The molecular weight excluding hydrogens is 216 g/mol. The van der Waals surface area contributed by atoms with Gasteiger partial charge in [0.05, 0.1) is 0 Å². The second-order valence-electron chi connectivity index (χ2n) is 2.99. The maximum atomic E-state index is 5.81. The molecule has 0 saturated heterocycles. The Bertz CT molecular complexity index is 465. The molecule has 0 fully saturated rings. The number of aryl methyl sites for hydroxylation is 1. The topological polar surface area (TPSA) is 38.9 Å². The summed E-state index contributed by atoms with van der Waals surface area (Å²) in [4.78, 5) is 4.20. The Labute approximate surface area is 91.4 Å².